The maximum absolute atomic E-state index is 13.7. The van der Waals surface area contributed by atoms with Gasteiger partial charge in [-0.2, -0.15) is 5.26 Å². The lowest BCUT2D eigenvalue weighted by Gasteiger charge is -2.30. The Morgan fingerprint density at radius 2 is 2.05 bits per heavy atom. The molecule has 1 saturated carbocycles. The van der Waals surface area contributed by atoms with Gasteiger partial charge >= 0.3 is 0 Å². The minimum absolute atomic E-state index is 0.254. The van der Waals surface area contributed by atoms with E-state index in [2.05, 4.69) is 6.92 Å². The Balaban J connectivity index is 1.75. The van der Waals surface area contributed by atoms with Gasteiger partial charge in [-0.3, -0.25) is 0 Å². The molecule has 0 amide bonds. The first kappa shape index (κ1) is 15.8. The van der Waals surface area contributed by atoms with E-state index in [1.165, 1.54) is 44.6 Å². The topological polar surface area (TPSA) is 33.0 Å². The van der Waals surface area contributed by atoms with Crippen molar-refractivity contribution in [2.75, 3.05) is 6.61 Å². The molecule has 1 aromatic carbocycles. The largest absolute Gasteiger partial charge is 0.491 e. The Hall–Kier alpha value is -1.56. The number of nitrogens with zero attached hydrogens (tertiary/aromatic N) is 1. The quantitative estimate of drug-likeness (QED) is 0.685. The van der Waals surface area contributed by atoms with Crippen molar-refractivity contribution >= 4 is 0 Å². The Morgan fingerprint density at radius 1 is 1.29 bits per heavy atom. The highest BCUT2D eigenvalue weighted by Crippen LogP contribution is 2.35. The molecule has 3 heteroatoms. The van der Waals surface area contributed by atoms with Crippen LogP contribution in [0.4, 0.5) is 4.39 Å². The Labute approximate surface area is 126 Å². The van der Waals surface area contributed by atoms with Gasteiger partial charge in [-0.05, 0) is 42.9 Å². The second kappa shape index (κ2) is 8.02. The minimum Gasteiger partial charge on any atom is -0.491 e. The van der Waals surface area contributed by atoms with E-state index in [1.54, 1.807) is 12.1 Å². The monoisotopic (exact) mass is 289 g/mol. The highest BCUT2D eigenvalue weighted by atomic mass is 19.1. The second-order valence-corrected chi connectivity index (χ2v) is 5.96. The predicted molar refractivity (Wildman–Crippen MR) is 81.6 cm³/mol. The SMILES string of the molecule is CCC1CCCCC1CCCOc1ccc(C#N)cc1F. The molecule has 2 rings (SSSR count). The summed E-state index contributed by atoms with van der Waals surface area (Å²) < 4.78 is 19.2. The molecule has 2 atom stereocenters. The molecule has 0 heterocycles. The molecule has 114 valence electrons. The number of halogens is 1. The van der Waals surface area contributed by atoms with Crippen LogP contribution in [-0.4, -0.2) is 6.61 Å². The van der Waals surface area contributed by atoms with E-state index in [0.717, 1.165) is 18.3 Å². The molecule has 1 fully saturated rings. The van der Waals surface area contributed by atoms with Crippen LogP contribution in [0.3, 0.4) is 0 Å². The molecule has 1 aliphatic rings. The summed E-state index contributed by atoms with van der Waals surface area (Å²) in [5, 5.41) is 8.70. The fourth-order valence-corrected chi connectivity index (χ4v) is 3.42. The molecule has 0 N–H and O–H groups in total. The number of benzene rings is 1. The normalized spacial score (nSPS) is 21.8. The second-order valence-electron chi connectivity index (χ2n) is 5.96. The summed E-state index contributed by atoms with van der Waals surface area (Å²) in [6.45, 7) is 2.83. The van der Waals surface area contributed by atoms with Gasteiger partial charge in [0, 0.05) is 0 Å². The van der Waals surface area contributed by atoms with Crippen LogP contribution in [0.15, 0.2) is 18.2 Å². The Morgan fingerprint density at radius 3 is 2.71 bits per heavy atom. The number of ether oxygens (including phenoxy) is 1. The fraction of sp³-hybridized carbons (Fsp3) is 0.611. The summed E-state index contributed by atoms with van der Waals surface area (Å²) >= 11 is 0. The molecule has 0 saturated heterocycles. The van der Waals surface area contributed by atoms with E-state index < -0.39 is 5.82 Å². The number of rotatable bonds is 6. The first-order chi connectivity index (χ1) is 10.2. The van der Waals surface area contributed by atoms with Crippen LogP contribution in [0.5, 0.6) is 5.75 Å². The third kappa shape index (κ3) is 4.46. The first-order valence-electron chi connectivity index (χ1n) is 8.07. The molecule has 0 aliphatic heterocycles. The van der Waals surface area contributed by atoms with Crippen molar-refractivity contribution in [3.05, 3.63) is 29.6 Å². The predicted octanol–water partition coefficient (Wildman–Crippen LogP) is 5.07. The van der Waals surface area contributed by atoms with Gasteiger partial charge in [-0.25, -0.2) is 4.39 Å². The molecule has 2 nitrogen and oxygen atoms in total. The number of nitriles is 1. The molecule has 1 aliphatic carbocycles. The van der Waals surface area contributed by atoms with E-state index in [1.807, 2.05) is 6.07 Å². The zero-order valence-corrected chi connectivity index (χ0v) is 12.8. The average molecular weight is 289 g/mol. The van der Waals surface area contributed by atoms with Crippen molar-refractivity contribution < 1.29 is 9.13 Å². The third-order valence-electron chi connectivity index (χ3n) is 4.63. The van der Waals surface area contributed by atoms with Crippen molar-refractivity contribution in [2.24, 2.45) is 11.8 Å². The van der Waals surface area contributed by atoms with Crippen LogP contribution in [0, 0.1) is 29.0 Å². The van der Waals surface area contributed by atoms with Crippen LogP contribution < -0.4 is 4.74 Å². The van der Waals surface area contributed by atoms with Crippen LogP contribution in [0.25, 0.3) is 0 Å². The fourth-order valence-electron chi connectivity index (χ4n) is 3.42. The van der Waals surface area contributed by atoms with Gasteiger partial charge < -0.3 is 4.74 Å². The standard InChI is InChI=1S/C18H24FNO/c1-2-15-6-3-4-7-16(15)8-5-11-21-18-10-9-14(13-20)12-17(18)19/h9-10,12,15-16H,2-8,11H2,1H3. The van der Waals surface area contributed by atoms with Crippen LogP contribution >= 0.6 is 0 Å². The Kier molecular flexibility index (Phi) is 6.04. The van der Waals surface area contributed by atoms with Crippen LogP contribution in [-0.2, 0) is 0 Å². The lowest BCUT2D eigenvalue weighted by Crippen LogP contribution is -2.19. The lowest BCUT2D eigenvalue weighted by molar-refractivity contribution is 0.197. The maximum atomic E-state index is 13.7. The smallest absolute Gasteiger partial charge is 0.166 e. The van der Waals surface area contributed by atoms with Crippen LogP contribution in [0.2, 0.25) is 0 Å². The summed E-state index contributed by atoms with van der Waals surface area (Å²) in [6, 6.07) is 6.28. The van der Waals surface area contributed by atoms with Gasteiger partial charge in [-0.1, -0.05) is 39.0 Å². The summed E-state index contributed by atoms with van der Waals surface area (Å²) in [7, 11) is 0. The molecule has 1 aromatic rings. The zero-order chi connectivity index (χ0) is 15.1. The first-order valence-corrected chi connectivity index (χ1v) is 8.07. The van der Waals surface area contributed by atoms with E-state index in [-0.39, 0.29) is 5.75 Å². The van der Waals surface area contributed by atoms with Crippen LogP contribution in [0.1, 0.15) is 57.4 Å². The molecular weight excluding hydrogens is 265 g/mol. The van der Waals surface area contributed by atoms with Crippen molar-refractivity contribution in [1.29, 1.82) is 5.26 Å². The molecule has 21 heavy (non-hydrogen) atoms. The highest BCUT2D eigenvalue weighted by Gasteiger charge is 2.22. The number of hydrogen-bond acceptors (Lipinski definition) is 2. The molecule has 2 unspecified atom stereocenters. The molecule has 0 aromatic heterocycles. The minimum atomic E-state index is -0.446. The van der Waals surface area contributed by atoms with Crippen molar-refractivity contribution in [3.63, 3.8) is 0 Å². The van der Waals surface area contributed by atoms with Crippen molar-refractivity contribution in [2.45, 2.75) is 51.9 Å². The summed E-state index contributed by atoms with van der Waals surface area (Å²) in [4.78, 5) is 0. The van der Waals surface area contributed by atoms with E-state index in [9.17, 15) is 4.39 Å². The van der Waals surface area contributed by atoms with Gasteiger partial charge in [0.15, 0.2) is 11.6 Å². The van der Waals surface area contributed by atoms with Crippen molar-refractivity contribution in [3.8, 4) is 11.8 Å². The lowest BCUT2D eigenvalue weighted by atomic mass is 9.76. The third-order valence-corrected chi connectivity index (χ3v) is 4.63. The zero-order valence-electron chi connectivity index (χ0n) is 12.8. The number of hydrogen-bond donors (Lipinski definition) is 0. The van der Waals surface area contributed by atoms with E-state index in [4.69, 9.17) is 10.00 Å². The van der Waals surface area contributed by atoms with E-state index in [0.29, 0.717) is 12.2 Å². The molecule has 0 radical (unpaired) electrons. The summed E-state index contributed by atoms with van der Waals surface area (Å²) in [6.07, 6.45) is 8.86. The Bertz CT molecular complexity index is 494. The molecule has 0 spiro atoms. The molecule has 0 bridgehead atoms. The average Bonchev–Trinajstić information content (AvgIpc) is 2.53. The maximum Gasteiger partial charge on any atom is 0.166 e. The summed E-state index contributed by atoms with van der Waals surface area (Å²) in [5.74, 6) is 1.49. The van der Waals surface area contributed by atoms with Gasteiger partial charge in [-0.15, -0.1) is 0 Å². The molecular formula is C18H24FNO. The van der Waals surface area contributed by atoms with Crippen molar-refractivity contribution in [1.82, 2.24) is 0 Å². The summed E-state index contributed by atoms with van der Waals surface area (Å²) in [5.41, 5.74) is 0.327. The van der Waals surface area contributed by atoms with Gasteiger partial charge in [0.2, 0.25) is 0 Å². The van der Waals surface area contributed by atoms with E-state index >= 15 is 0 Å². The van der Waals surface area contributed by atoms with Gasteiger partial charge in [0.05, 0.1) is 18.2 Å². The van der Waals surface area contributed by atoms with Gasteiger partial charge in [0.25, 0.3) is 0 Å². The highest BCUT2D eigenvalue weighted by molar-refractivity contribution is 5.35. The van der Waals surface area contributed by atoms with Gasteiger partial charge in [0.1, 0.15) is 0 Å².